The molecule has 0 amide bonds. The van der Waals surface area contributed by atoms with E-state index in [1.54, 1.807) is 35.4 Å². The summed E-state index contributed by atoms with van der Waals surface area (Å²) in [5, 5.41) is 23.2. The SMILES string of the molecule is Cn1cc(-c2cnc(Nc3ccc(C#N)nc3)nc2N[C@@H]2CCCNC2)cn1. The standard InChI is InChI=1S/C19H21N9/c1-28-12-13(8-24-28)17-11-23-19(26-16-5-4-14(7-20)22-10-16)27-18(17)25-15-3-2-6-21-9-15/h4-5,8,10-12,15,21H,2-3,6,9H2,1H3,(H2,23,25,26,27)/t15-/m1/s1. The number of nitrogens with one attached hydrogen (secondary N) is 3. The quantitative estimate of drug-likeness (QED) is 0.620. The predicted molar refractivity (Wildman–Crippen MR) is 106 cm³/mol. The number of hydrogen-bond donors (Lipinski definition) is 3. The molecule has 1 fully saturated rings. The highest BCUT2D eigenvalue weighted by atomic mass is 15.2. The molecule has 28 heavy (non-hydrogen) atoms. The summed E-state index contributed by atoms with van der Waals surface area (Å²) < 4.78 is 1.76. The Morgan fingerprint density at radius 2 is 2.18 bits per heavy atom. The normalized spacial score (nSPS) is 16.4. The van der Waals surface area contributed by atoms with Crippen molar-refractivity contribution in [3.8, 4) is 17.2 Å². The van der Waals surface area contributed by atoms with Crippen molar-refractivity contribution in [3.63, 3.8) is 0 Å². The first kappa shape index (κ1) is 17.9. The van der Waals surface area contributed by atoms with Crippen molar-refractivity contribution >= 4 is 17.5 Å². The molecule has 3 N–H and O–H groups in total. The minimum atomic E-state index is 0.309. The Kier molecular flexibility index (Phi) is 5.12. The lowest BCUT2D eigenvalue weighted by Crippen LogP contribution is -2.38. The number of pyridine rings is 1. The molecule has 4 rings (SSSR count). The van der Waals surface area contributed by atoms with Crippen molar-refractivity contribution < 1.29 is 0 Å². The van der Waals surface area contributed by atoms with Gasteiger partial charge in [-0.3, -0.25) is 4.68 Å². The van der Waals surface area contributed by atoms with Gasteiger partial charge < -0.3 is 16.0 Å². The molecule has 0 aromatic carbocycles. The average molecular weight is 375 g/mol. The molecule has 0 aliphatic carbocycles. The highest BCUT2D eigenvalue weighted by Gasteiger charge is 2.17. The van der Waals surface area contributed by atoms with Gasteiger partial charge in [-0.05, 0) is 31.5 Å². The van der Waals surface area contributed by atoms with Crippen LogP contribution in [0.4, 0.5) is 17.5 Å². The Labute approximate surface area is 162 Å². The zero-order valence-corrected chi connectivity index (χ0v) is 15.6. The molecule has 1 aliphatic rings. The second-order valence-corrected chi connectivity index (χ2v) is 6.72. The number of piperidine rings is 1. The van der Waals surface area contributed by atoms with Crippen LogP contribution >= 0.6 is 0 Å². The molecular weight excluding hydrogens is 354 g/mol. The van der Waals surface area contributed by atoms with Gasteiger partial charge in [0, 0.05) is 43.2 Å². The first-order valence-electron chi connectivity index (χ1n) is 9.18. The van der Waals surface area contributed by atoms with Gasteiger partial charge in [0.1, 0.15) is 17.6 Å². The lowest BCUT2D eigenvalue weighted by molar-refractivity contribution is 0.479. The Hall–Kier alpha value is -3.51. The fourth-order valence-corrected chi connectivity index (χ4v) is 3.16. The van der Waals surface area contributed by atoms with Crippen LogP contribution in [-0.2, 0) is 7.05 Å². The zero-order chi connectivity index (χ0) is 19.3. The molecule has 0 bridgehead atoms. The number of rotatable bonds is 5. The minimum Gasteiger partial charge on any atom is -0.365 e. The van der Waals surface area contributed by atoms with E-state index in [0.29, 0.717) is 17.7 Å². The van der Waals surface area contributed by atoms with Crippen LogP contribution in [0, 0.1) is 11.3 Å². The van der Waals surface area contributed by atoms with E-state index in [1.807, 2.05) is 19.3 Å². The predicted octanol–water partition coefficient (Wildman–Crippen LogP) is 2.05. The summed E-state index contributed by atoms with van der Waals surface area (Å²) in [7, 11) is 1.89. The van der Waals surface area contributed by atoms with E-state index in [-0.39, 0.29) is 0 Å². The number of hydrogen-bond acceptors (Lipinski definition) is 8. The third kappa shape index (κ3) is 4.07. The number of nitriles is 1. The summed E-state index contributed by atoms with van der Waals surface area (Å²) >= 11 is 0. The van der Waals surface area contributed by atoms with Gasteiger partial charge in [-0.15, -0.1) is 0 Å². The summed E-state index contributed by atoms with van der Waals surface area (Å²) in [5.41, 5.74) is 2.95. The summed E-state index contributed by atoms with van der Waals surface area (Å²) in [6.45, 7) is 1.95. The van der Waals surface area contributed by atoms with E-state index >= 15 is 0 Å². The van der Waals surface area contributed by atoms with Crippen LogP contribution in [0.3, 0.4) is 0 Å². The fourth-order valence-electron chi connectivity index (χ4n) is 3.16. The van der Waals surface area contributed by atoms with Gasteiger partial charge >= 0.3 is 0 Å². The van der Waals surface area contributed by atoms with Gasteiger partial charge in [0.05, 0.1) is 18.1 Å². The molecule has 1 aliphatic heterocycles. The van der Waals surface area contributed by atoms with Gasteiger partial charge in [-0.1, -0.05) is 0 Å². The molecule has 0 radical (unpaired) electrons. The van der Waals surface area contributed by atoms with E-state index < -0.39 is 0 Å². The van der Waals surface area contributed by atoms with E-state index in [0.717, 1.165) is 48.6 Å². The van der Waals surface area contributed by atoms with E-state index in [9.17, 15) is 0 Å². The highest BCUT2D eigenvalue weighted by molar-refractivity contribution is 5.75. The molecule has 4 heterocycles. The van der Waals surface area contributed by atoms with Gasteiger partial charge in [-0.2, -0.15) is 15.3 Å². The molecule has 1 atom stereocenters. The minimum absolute atomic E-state index is 0.309. The third-order valence-corrected chi connectivity index (χ3v) is 4.58. The van der Waals surface area contributed by atoms with Crippen LogP contribution < -0.4 is 16.0 Å². The second kappa shape index (κ2) is 8.02. The maximum absolute atomic E-state index is 8.87. The molecule has 0 saturated carbocycles. The number of nitrogens with zero attached hydrogens (tertiary/aromatic N) is 6. The first-order valence-corrected chi connectivity index (χ1v) is 9.18. The zero-order valence-electron chi connectivity index (χ0n) is 15.6. The third-order valence-electron chi connectivity index (χ3n) is 4.58. The highest BCUT2D eigenvalue weighted by Crippen LogP contribution is 2.28. The Balaban J connectivity index is 1.62. The summed E-state index contributed by atoms with van der Waals surface area (Å²) in [6, 6.07) is 5.75. The van der Waals surface area contributed by atoms with Gasteiger partial charge in [0.2, 0.25) is 5.95 Å². The number of aryl methyl sites for hydroxylation is 1. The number of anilines is 3. The van der Waals surface area contributed by atoms with E-state index in [1.165, 1.54) is 0 Å². The second-order valence-electron chi connectivity index (χ2n) is 6.72. The molecular formula is C19H21N9. The average Bonchev–Trinajstić information content (AvgIpc) is 3.16. The topological polar surface area (TPSA) is 116 Å². The van der Waals surface area contributed by atoms with Crippen molar-refractivity contribution in [1.29, 1.82) is 5.26 Å². The molecule has 1 saturated heterocycles. The van der Waals surface area contributed by atoms with Crippen molar-refractivity contribution in [3.05, 3.63) is 42.6 Å². The molecule has 9 heteroatoms. The van der Waals surface area contributed by atoms with Crippen LogP contribution in [0.2, 0.25) is 0 Å². The molecule has 142 valence electrons. The number of aromatic nitrogens is 5. The van der Waals surface area contributed by atoms with Crippen molar-refractivity contribution in [2.75, 3.05) is 23.7 Å². The van der Waals surface area contributed by atoms with Crippen LogP contribution in [-0.4, -0.2) is 43.9 Å². The summed E-state index contributed by atoms with van der Waals surface area (Å²) in [6.07, 6.45) is 9.36. The van der Waals surface area contributed by atoms with Gasteiger partial charge in [0.25, 0.3) is 0 Å². The first-order chi connectivity index (χ1) is 13.7. The Morgan fingerprint density at radius 1 is 1.25 bits per heavy atom. The van der Waals surface area contributed by atoms with Gasteiger partial charge in [0.15, 0.2) is 0 Å². The largest absolute Gasteiger partial charge is 0.365 e. The molecule has 9 nitrogen and oxygen atoms in total. The lowest BCUT2D eigenvalue weighted by atomic mass is 10.1. The molecule has 3 aromatic heterocycles. The monoisotopic (exact) mass is 375 g/mol. The van der Waals surface area contributed by atoms with Crippen LogP contribution in [0.25, 0.3) is 11.1 Å². The van der Waals surface area contributed by atoms with Crippen molar-refractivity contribution in [2.45, 2.75) is 18.9 Å². The van der Waals surface area contributed by atoms with Crippen LogP contribution in [0.1, 0.15) is 18.5 Å². The maximum Gasteiger partial charge on any atom is 0.229 e. The van der Waals surface area contributed by atoms with Crippen molar-refractivity contribution in [1.82, 2.24) is 30.0 Å². The smallest absolute Gasteiger partial charge is 0.229 e. The van der Waals surface area contributed by atoms with E-state index in [2.05, 4.69) is 31.0 Å². The Bertz CT molecular complexity index is 981. The van der Waals surface area contributed by atoms with Crippen LogP contribution in [0.15, 0.2) is 36.9 Å². The van der Waals surface area contributed by atoms with E-state index in [4.69, 9.17) is 10.2 Å². The van der Waals surface area contributed by atoms with Gasteiger partial charge in [-0.25, -0.2) is 9.97 Å². The lowest BCUT2D eigenvalue weighted by Gasteiger charge is -2.25. The molecule has 0 spiro atoms. The summed E-state index contributed by atoms with van der Waals surface area (Å²) in [4.78, 5) is 13.2. The molecule has 3 aromatic rings. The van der Waals surface area contributed by atoms with Crippen LogP contribution in [0.5, 0.6) is 0 Å². The van der Waals surface area contributed by atoms with Crippen molar-refractivity contribution in [2.24, 2.45) is 7.05 Å². The maximum atomic E-state index is 8.87. The Morgan fingerprint density at radius 3 is 2.86 bits per heavy atom. The molecule has 0 unspecified atom stereocenters. The summed E-state index contributed by atoms with van der Waals surface area (Å²) in [5.74, 6) is 1.23. The fraction of sp³-hybridized carbons (Fsp3) is 0.316.